The second-order valence-corrected chi connectivity index (χ2v) is 7.46. The van der Waals surface area contributed by atoms with E-state index < -0.39 is 0 Å². The number of hydrogen-bond acceptors (Lipinski definition) is 3. The molecule has 2 atom stereocenters. The molecule has 2 saturated heterocycles. The van der Waals surface area contributed by atoms with E-state index in [9.17, 15) is 4.79 Å². The van der Waals surface area contributed by atoms with Gasteiger partial charge in [-0.1, -0.05) is 24.6 Å². The number of fused-ring (bicyclic) bond motifs is 2. The Hall–Kier alpha value is -0.960. The zero-order valence-corrected chi connectivity index (χ0v) is 12.6. The number of rotatable bonds is 5. The molecule has 0 radical (unpaired) electrons. The summed E-state index contributed by atoms with van der Waals surface area (Å²) in [5, 5.41) is 1.48. The molecule has 1 aromatic rings. The van der Waals surface area contributed by atoms with Gasteiger partial charge in [0.05, 0.1) is 6.61 Å². The summed E-state index contributed by atoms with van der Waals surface area (Å²) >= 11 is 2.13. The molecule has 0 amide bonds. The minimum Gasteiger partial charge on any atom is -0.493 e. The molecule has 0 aromatic heterocycles. The van der Waals surface area contributed by atoms with Crippen LogP contribution in [0.1, 0.15) is 38.5 Å². The minimum atomic E-state index is 0.297. The largest absolute Gasteiger partial charge is 0.493 e. The second kappa shape index (κ2) is 6.66. The molecular weight excluding hydrogens is 268 g/mol. The van der Waals surface area contributed by atoms with Gasteiger partial charge in [0.2, 0.25) is 0 Å². The maximum Gasteiger partial charge on any atom is 0.139 e. The predicted molar refractivity (Wildman–Crippen MR) is 83.3 cm³/mol. The Bertz CT molecular complexity index is 434. The molecule has 0 N–H and O–H groups in total. The minimum absolute atomic E-state index is 0.297. The molecule has 2 aliphatic heterocycles. The number of ether oxygens (including phenoxy) is 1. The van der Waals surface area contributed by atoms with Crippen molar-refractivity contribution in [2.24, 2.45) is 5.92 Å². The van der Waals surface area contributed by atoms with Gasteiger partial charge < -0.3 is 4.74 Å². The zero-order chi connectivity index (χ0) is 13.8. The average Bonchev–Trinajstić information content (AvgIpc) is 2.48. The van der Waals surface area contributed by atoms with Crippen molar-refractivity contribution in [1.82, 2.24) is 0 Å². The van der Waals surface area contributed by atoms with Crippen LogP contribution in [-0.4, -0.2) is 22.9 Å². The van der Waals surface area contributed by atoms with E-state index in [1.807, 2.05) is 30.3 Å². The van der Waals surface area contributed by atoms with Gasteiger partial charge in [-0.15, -0.1) is 0 Å². The summed E-state index contributed by atoms with van der Waals surface area (Å²) < 4.78 is 5.64. The smallest absolute Gasteiger partial charge is 0.139 e. The van der Waals surface area contributed by atoms with Crippen molar-refractivity contribution in [2.75, 3.05) is 6.61 Å². The van der Waals surface area contributed by atoms with Gasteiger partial charge in [-0.2, -0.15) is 11.8 Å². The van der Waals surface area contributed by atoms with E-state index in [4.69, 9.17) is 4.74 Å². The van der Waals surface area contributed by atoms with Gasteiger partial charge in [0.25, 0.3) is 0 Å². The van der Waals surface area contributed by atoms with Crippen LogP contribution in [0.3, 0.4) is 0 Å². The molecule has 2 aliphatic rings. The number of hydrogen-bond donors (Lipinski definition) is 0. The summed E-state index contributed by atoms with van der Waals surface area (Å²) in [6.07, 6.45) is 6.75. The van der Waals surface area contributed by atoms with E-state index in [1.165, 1.54) is 19.3 Å². The molecule has 2 unspecified atom stereocenters. The molecule has 2 heterocycles. The fraction of sp³-hybridized carbons (Fsp3) is 0.588. The molecule has 2 nitrogen and oxygen atoms in total. The monoisotopic (exact) mass is 290 g/mol. The third kappa shape index (κ3) is 3.57. The first-order chi connectivity index (χ1) is 9.81. The molecule has 108 valence electrons. The lowest BCUT2D eigenvalue weighted by molar-refractivity contribution is -0.124. The van der Waals surface area contributed by atoms with E-state index in [1.54, 1.807) is 0 Å². The Labute approximate surface area is 125 Å². The zero-order valence-electron chi connectivity index (χ0n) is 11.8. The van der Waals surface area contributed by atoms with E-state index in [0.717, 1.165) is 29.1 Å². The lowest BCUT2D eigenvalue weighted by atomic mass is 9.86. The summed E-state index contributed by atoms with van der Waals surface area (Å²) in [5.74, 6) is 1.57. The second-order valence-electron chi connectivity index (χ2n) is 5.86. The summed E-state index contributed by atoms with van der Waals surface area (Å²) in [7, 11) is 0. The van der Waals surface area contributed by atoms with Crippen LogP contribution in [0, 0.1) is 5.92 Å². The van der Waals surface area contributed by atoms with Gasteiger partial charge in [-0.3, -0.25) is 4.79 Å². The number of carbonyl (C=O) groups excluding carboxylic acids is 1. The molecule has 0 saturated carbocycles. The molecule has 0 aliphatic carbocycles. The van der Waals surface area contributed by atoms with Gasteiger partial charge in [0.1, 0.15) is 11.5 Å². The lowest BCUT2D eigenvalue weighted by Gasteiger charge is -2.37. The number of Topliss-reactive ketones (excluding diaryl/α,β-unsaturated/α-hetero) is 1. The van der Waals surface area contributed by atoms with Crippen molar-refractivity contribution in [3.63, 3.8) is 0 Å². The van der Waals surface area contributed by atoms with Crippen molar-refractivity contribution in [3.8, 4) is 5.75 Å². The van der Waals surface area contributed by atoms with E-state index in [0.29, 0.717) is 24.7 Å². The van der Waals surface area contributed by atoms with Gasteiger partial charge >= 0.3 is 0 Å². The fourth-order valence-corrected chi connectivity index (χ4v) is 5.15. The number of ketones is 1. The van der Waals surface area contributed by atoms with Crippen LogP contribution < -0.4 is 4.74 Å². The molecule has 3 heteroatoms. The molecular formula is C17H22O2S. The summed E-state index contributed by atoms with van der Waals surface area (Å²) in [5.41, 5.74) is 0. The quantitative estimate of drug-likeness (QED) is 0.817. The average molecular weight is 290 g/mol. The SMILES string of the molecule is O=C(CCOc1ccccc1)C1CC2CCCC(C1)S2. The highest BCUT2D eigenvalue weighted by atomic mass is 32.2. The summed E-state index contributed by atoms with van der Waals surface area (Å²) in [4.78, 5) is 12.3. The van der Waals surface area contributed by atoms with Crippen LogP contribution in [0.2, 0.25) is 0 Å². The van der Waals surface area contributed by atoms with E-state index in [2.05, 4.69) is 11.8 Å². The van der Waals surface area contributed by atoms with Crippen molar-refractivity contribution >= 4 is 17.5 Å². The topological polar surface area (TPSA) is 26.3 Å². The molecule has 2 fully saturated rings. The van der Waals surface area contributed by atoms with Crippen LogP contribution in [0.15, 0.2) is 30.3 Å². The Morgan fingerprint density at radius 2 is 1.85 bits per heavy atom. The van der Waals surface area contributed by atoms with Crippen LogP contribution >= 0.6 is 11.8 Å². The molecule has 2 bridgehead atoms. The lowest BCUT2D eigenvalue weighted by Crippen LogP contribution is -2.33. The first kappa shape index (κ1) is 14.0. The summed E-state index contributed by atoms with van der Waals surface area (Å²) in [6, 6.07) is 9.75. The number of carbonyl (C=O) groups is 1. The van der Waals surface area contributed by atoms with Gasteiger partial charge in [-0.25, -0.2) is 0 Å². The Morgan fingerprint density at radius 1 is 1.15 bits per heavy atom. The van der Waals surface area contributed by atoms with Crippen LogP contribution in [-0.2, 0) is 4.79 Å². The van der Waals surface area contributed by atoms with Gasteiger partial charge in [0, 0.05) is 22.8 Å². The van der Waals surface area contributed by atoms with Crippen molar-refractivity contribution in [3.05, 3.63) is 30.3 Å². The van der Waals surface area contributed by atoms with Crippen molar-refractivity contribution in [1.29, 1.82) is 0 Å². The fourth-order valence-electron chi connectivity index (χ4n) is 3.31. The van der Waals surface area contributed by atoms with Crippen molar-refractivity contribution < 1.29 is 9.53 Å². The van der Waals surface area contributed by atoms with E-state index in [-0.39, 0.29) is 0 Å². The molecule has 0 spiro atoms. The third-order valence-electron chi connectivity index (χ3n) is 4.35. The number of thioether (sulfide) groups is 1. The highest BCUT2D eigenvalue weighted by Gasteiger charge is 2.35. The molecule has 20 heavy (non-hydrogen) atoms. The van der Waals surface area contributed by atoms with Crippen LogP contribution in [0.4, 0.5) is 0 Å². The van der Waals surface area contributed by atoms with Gasteiger partial charge in [0.15, 0.2) is 0 Å². The van der Waals surface area contributed by atoms with Crippen LogP contribution in [0.5, 0.6) is 5.75 Å². The van der Waals surface area contributed by atoms with Crippen molar-refractivity contribution in [2.45, 2.75) is 49.0 Å². The first-order valence-corrected chi connectivity index (χ1v) is 8.61. The Balaban J connectivity index is 1.45. The third-order valence-corrected chi connectivity index (χ3v) is 5.97. The highest BCUT2D eigenvalue weighted by Crippen LogP contribution is 2.44. The summed E-state index contributed by atoms with van der Waals surface area (Å²) in [6.45, 7) is 0.516. The molecule has 3 rings (SSSR count). The maximum atomic E-state index is 12.3. The van der Waals surface area contributed by atoms with Crippen LogP contribution in [0.25, 0.3) is 0 Å². The predicted octanol–water partition coefficient (Wildman–Crippen LogP) is 4.09. The molecule has 1 aromatic carbocycles. The number of para-hydroxylation sites is 1. The first-order valence-electron chi connectivity index (χ1n) is 7.67. The Kier molecular flexibility index (Phi) is 4.66. The van der Waals surface area contributed by atoms with Gasteiger partial charge in [-0.05, 0) is 37.8 Å². The van der Waals surface area contributed by atoms with E-state index >= 15 is 0 Å². The Morgan fingerprint density at radius 3 is 2.55 bits per heavy atom. The maximum absolute atomic E-state index is 12.3. The number of benzene rings is 1. The normalized spacial score (nSPS) is 28.9. The highest BCUT2D eigenvalue weighted by molar-refractivity contribution is 8.00. The standard InChI is InChI=1S/C17H22O2S/c18-17(9-10-19-14-5-2-1-3-6-14)13-11-15-7-4-8-16(12-13)20-15/h1-3,5-6,13,15-16H,4,7-12H2.